The van der Waals surface area contributed by atoms with Crippen molar-refractivity contribution in [3.63, 3.8) is 0 Å². The first-order valence-electron chi connectivity index (χ1n) is 6.34. The molecule has 1 amide bonds. The molecule has 0 aliphatic heterocycles. The molecule has 2 rings (SSSR count). The molecule has 24 heavy (non-hydrogen) atoms. The van der Waals surface area contributed by atoms with E-state index in [0.29, 0.717) is 0 Å². The summed E-state index contributed by atoms with van der Waals surface area (Å²) in [5.41, 5.74) is 3.93. The summed E-state index contributed by atoms with van der Waals surface area (Å²) in [5.74, 6) is -1.96. The topological polar surface area (TPSA) is 52.3 Å². The van der Waals surface area contributed by atoms with Gasteiger partial charge in [-0.3, -0.25) is 4.79 Å². The van der Waals surface area contributed by atoms with Gasteiger partial charge >= 0.3 is 12.5 Å². The van der Waals surface area contributed by atoms with Gasteiger partial charge in [0.25, 0.3) is 5.91 Å². The highest BCUT2D eigenvalue weighted by Gasteiger charge is 2.33. The predicted octanol–water partition coefficient (Wildman–Crippen LogP) is 4.37. The normalized spacial score (nSPS) is 12.1. The van der Waals surface area contributed by atoms with Crippen LogP contribution in [0.25, 0.3) is 11.1 Å². The van der Waals surface area contributed by atoms with E-state index in [1.165, 1.54) is 6.07 Å². The number of hydrogen-bond acceptors (Lipinski definition) is 2. The third-order valence-electron chi connectivity index (χ3n) is 3.02. The molecule has 0 saturated heterocycles. The van der Waals surface area contributed by atoms with Crippen molar-refractivity contribution in [2.45, 2.75) is 12.5 Å². The number of carbonyl (C=O) groups excluding carboxylic acids is 1. The van der Waals surface area contributed by atoms with Crippen LogP contribution >= 0.6 is 0 Å². The lowest BCUT2D eigenvalue weighted by atomic mass is 10.0. The molecule has 2 aromatic carbocycles. The van der Waals surface area contributed by atoms with Gasteiger partial charge in [-0.1, -0.05) is 18.2 Å². The molecule has 2 aromatic rings. The van der Waals surface area contributed by atoms with Gasteiger partial charge in [0.15, 0.2) is 0 Å². The Hall–Kier alpha value is -2.71. The first kappa shape index (κ1) is 17.6. The van der Waals surface area contributed by atoms with Gasteiger partial charge in [0.05, 0.1) is 11.1 Å². The Balaban J connectivity index is 2.44. The lowest BCUT2D eigenvalue weighted by molar-refractivity contribution is -0.274. The fourth-order valence-corrected chi connectivity index (χ4v) is 1.97. The molecule has 0 heterocycles. The number of benzene rings is 2. The maximum absolute atomic E-state index is 12.5. The van der Waals surface area contributed by atoms with Crippen LogP contribution in [-0.2, 0) is 6.18 Å². The molecule has 0 unspecified atom stereocenters. The van der Waals surface area contributed by atoms with Crippen LogP contribution in [0.4, 0.5) is 26.3 Å². The SMILES string of the molecule is NC(=O)c1ccc(-c2ccc(C(F)(F)F)cc2)cc1OC(F)(F)F. The van der Waals surface area contributed by atoms with E-state index in [-0.39, 0.29) is 11.1 Å². The van der Waals surface area contributed by atoms with E-state index in [2.05, 4.69) is 4.74 Å². The summed E-state index contributed by atoms with van der Waals surface area (Å²) < 4.78 is 78.5. The first-order valence-corrected chi connectivity index (χ1v) is 6.34. The lowest BCUT2D eigenvalue weighted by Gasteiger charge is -2.13. The monoisotopic (exact) mass is 349 g/mol. The Morgan fingerprint density at radius 2 is 1.42 bits per heavy atom. The summed E-state index contributed by atoms with van der Waals surface area (Å²) in [6.07, 6.45) is -9.58. The van der Waals surface area contributed by atoms with Crippen molar-refractivity contribution >= 4 is 5.91 Å². The van der Waals surface area contributed by atoms with E-state index in [1.54, 1.807) is 0 Å². The second-order valence-corrected chi connectivity index (χ2v) is 4.70. The molecular formula is C15H9F6NO2. The van der Waals surface area contributed by atoms with Crippen molar-refractivity contribution in [2.75, 3.05) is 0 Å². The van der Waals surface area contributed by atoms with Crippen molar-refractivity contribution in [3.8, 4) is 16.9 Å². The molecule has 2 N–H and O–H groups in total. The largest absolute Gasteiger partial charge is 0.573 e. The minimum atomic E-state index is -5.05. The molecule has 0 aliphatic rings. The molecule has 0 radical (unpaired) electrons. The summed E-state index contributed by atoms with van der Waals surface area (Å²) in [6, 6.07) is 6.93. The minimum absolute atomic E-state index is 0.132. The number of carbonyl (C=O) groups is 1. The smallest absolute Gasteiger partial charge is 0.405 e. The van der Waals surface area contributed by atoms with Gasteiger partial charge in [0, 0.05) is 0 Å². The number of hydrogen-bond donors (Lipinski definition) is 1. The maximum atomic E-state index is 12.5. The van der Waals surface area contributed by atoms with Crippen LogP contribution in [0.2, 0.25) is 0 Å². The van der Waals surface area contributed by atoms with E-state index in [9.17, 15) is 31.1 Å². The Labute approximate surface area is 131 Å². The number of nitrogens with two attached hydrogens (primary N) is 1. The minimum Gasteiger partial charge on any atom is -0.405 e. The standard InChI is InChI=1S/C15H9F6NO2/c16-14(17,18)10-4-1-8(2-5-10)9-3-6-11(13(22)23)12(7-9)24-15(19,20)21/h1-7H,(H2,22,23). The highest BCUT2D eigenvalue weighted by Crippen LogP contribution is 2.34. The van der Waals surface area contributed by atoms with E-state index >= 15 is 0 Å². The van der Waals surface area contributed by atoms with Crippen LogP contribution in [0.15, 0.2) is 42.5 Å². The quantitative estimate of drug-likeness (QED) is 0.837. The first-order chi connectivity index (χ1) is 11.0. The van der Waals surface area contributed by atoms with Crippen LogP contribution in [-0.4, -0.2) is 12.3 Å². The summed E-state index contributed by atoms with van der Waals surface area (Å²) >= 11 is 0. The zero-order valence-corrected chi connectivity index (χ0v) is 11.7. The zero-order valence-electron chi connectivity index (χ0n) is 11.7. The van der Waals surface area contributed by atoms with Crippen molar-refractivity contribution in [2.24, 2.45) is 5.73 Å². The van der Waals surface area contributed by atoms with Crippen LogP contribution in [0, 0.1) is 0 Å². The number of halogens is 6. The van der Waals surface area contributed by atoms with E-state index in [1.807, 2.05) is 0 Å². The Bertz CT molecular complexity index is 750. The molecule has 128 valence electrons. The predicted molar refractivity (Wildman–Crippen MR) is 72.1 cm³/mol. The van der Waals surface area contributed by atoms with Crippen molar-refractivity contribution in [1.82, 2.24) is 0 Å². The molecular weight excluding hydrogens is 340 g/mol. The molecule has 0 aromatic heterocycles. The van der Waals surface area contributed by atoms with Gasteiger partial charge in [-0.25, -0.2) is 0 Å². The Morgan fingerprint density at radius 1 is 0.875 bits per heavy atom. The summed E-state index contributed by atoms with van der Waals surface area (Å²) in [7, 11) is 0. The van der Waals surface area contributed by atoms with Gasteiger partial charge in [-0.15, -0.1) is 13.2 Å². The number of alkyl halides is 6. The van der Waals surface area contributed by atoms with E-state index < -0.39 is 35.3 Å². The molecule has 9 heteroatoms. The Morgan fingerprint density at radius 3 is 1.88 bits per heavy atom. The third kappa shape index (κ3) is 4.18. The van der Waals surface area contributed by atoms with Crippen LogP contribution in [0.5, 0.6) is 5.75 Å². The molecule has 0 fully saturated rings. The number of amides is 1. The van der Waals surface area contributed by atoms with Crippen molar-refractivity contribution in [1.29, 1.82) is 0 Å². The highest BCUT2D eigenvalue weighted by molar-refractivity contribution is 5.96. The summed E-state index contributed by atoms with van der Waals surface area (Å²) in [6.45, 7) is 0. The molecule has 0 atom stereocenters. The van der Waals surface area contributed by atoms with Crippen LogP contribution < -0.4 is 10.5 Å². The second-order valence-electron chi connectivity index (χ2n) is 4.70. The van der Waals surface area contributed by atoms with Gasteiger partial charge in [-0.05, 0) is 35.4 Å². The average molecular weight is 349 g/mol. The van der Waals surface area contributed by atoms with Gasteiger partial charge in [0.2, 0.25) is 0 Å². The highest BCUT2D eigenvalue weighted by atomic mass is 19.4. The number of rotatable bonds is 3. The molecule has 0 saturated carbocycles. The zero-order chi connectivity index (χ0) is 18.1. The van der Waals surface area contributed by atoms with E-state index in [4.69, 9.17) is 5.73 Å². The van der Waals surface area contributed by atoms with E-state index in [0.717, 1.165) is 36.4 Å². The summed E-state index contributed by atoms with van der Waals surface area (Å²) in [4.78, 5) is 11.2. The molecule has 3 nitrogen and oxygen atoms in total. The van der Waals surface area contributed by atoms with Crippen molar-refractivity contribution in [3.05, 3.63) is 53.6 Å². The van der Waals surface area contributed by atoms with Gasteiger partial charge < -0.3 is 10.5 Å². The second kappa shape index (κ2) is 6.06. The van der Waals surface area contributed by atoms with Crippen LogP contribution in [0.3, 0.4) is 0 Å². The Kier molecular flexibility index (Phi) is 4.46. The maximum Gasteiger partial charge on any atom is 0.573 e. The molecule has 0 aliphatic carbocycles. The number of primary amides is 1. The lowest BCUT2D eigenvalue weighted by Crippen LogP contribution is -2.21. The average Bonchev–Trinajstić information content (AvgIpc) is 2.44. The van der Waals surface area contributed by atoms with Gasteiger partial charge in [-0.2, -0.15) is 13.2 Å². The molecule has 0 bridgehead atoms. The van der Waals surface area contributed by atoms with Crippen molar-refractivity contribution < 1.29 is 35.9 Å². The third-order valence-corrected chi connectivity index (χ3v) is 3.02. The fraction of sp³-hybridized carbons (Fsp3) is 0.133. The van der Waals surface area contributed by atoms with Gasteiger partial charge in [0.1, 0.15) is 5.75 Å². The van der Waals surface area contributed by atoms with Crippen LogP contribution in [0.1, 0.15) is 15.9 Å². The molecule has 0 spiro atoms. The fourth-order valence-electron chi connectivity index (χ4n) is 1.97. The number of ether oxygens (including phenoxy) is 1. The summed E-state index contributed by atoms with van der Waals surface area (Å²) in [5, 5.41) is 0.